The second-order valence-electron chi connectivity index (χ2n) is 5.68. The van der Waals surface area contributed by atoms with Crippen LogP contribution in [0.5, 0.6) is 17.2 Å². The molecule has 0 bridgehead atoms. The summed E-state index contributed by atoms with van der Waals surface area (Å²) in [7, 11) is 3.94. The van der Waals surface area contributed by atoms with Gasteiger partial charge in [0.25, 0.3) is 5.91 Å². The first-order valence-corrected chi connectivity index (χ1v) is 8.19. The molecule has 0 aliphatic rings. The maximum Gasteiger partial charge on any atom is 0.327 e. The van der Waals surface area contributed by atoms with E-state index in [0.717, 1.165) is 11.0 Å². The van der Waals surface area contributed by atoms with E-state index in [-0.39, 0.29) is 29.4 Å². The molecule has 2 N–H and O–H groups in total. The van der Waals surface area contributed by atoms with E-state index in [1.807, 2.05) is 24.3 Å². The number of aromatic amines is 1. The number of nitro groups is 1. The van der Waals surface area contributed by atoms with Gasteiger partial charge in [-0.25, -0.2) is 4.98 Å². The van der Waals surface area contributed by atoms with Crippen molar-refractivity contribution >= 4 is 22.6 Å². The van der Waals surface area contributed by atoms with Gasteiger partial charge in [0, 0.05) is 6.07 Å². The van der Waals surface area contributed by atoms with Gasteiger partial charge in [-0.05, 0) is 12.1 Å². The number of carbonyl (C=O) groups is 1. The van der Waals surface area contributed by atoms with Crippen molar-refractivity contribution in [2.24, 2.45) is 0 Å². The van der Waals surface area contributed by atoms with Gasteiger partial charge >= 0.3 is 5.69 Å². The minimum absolute atomic E-state index is 0.0329. The summed E-state index contributed by atoms with van der Waals surface area (Å²) in [4.78, 5) is 31.0. The lowest BCUT2D eigenvalue weighted by Gasteiger charge is -2.14. The number of hydrogen-bond acceptors (Lipinski definition) is 7. The molecule has 0 saturated heterocycles. The maximum absolute atomic E-state index is 12.7. The van der Waals surface area contributed by atoms with Gasteiger partial charge in [0.15, 0.2) is 5.75 Å². The zero-order valence-corrected chi connectivity index (χ0v) is 15.4. The van der Waals surface area contributed by atoms with Gasteiger partial charge in [0.2, 0.25) is 11.5 Å². The van der Waals surface area contributed by atoms with E-state index in [1.54, 1.807) is 0 Å². The zero-order chi connectivity index (χ0) is 20.3. The summed E-state index contributed by atoms with van der Waals surface area (Å²) in [6.07, 6.45) is 0. The van der Waals surface area contributed by atoms with Crippen molar-refractivity contribution < 1.29 is 23.9 Å². The maximum atomic E-state index is 12.7. The summed E-state index contributed by atoms with van der Waals surface area (Å²) >= 11 is 0. The summed E-state index contributed by atoms with van der Waals surface area (Å²) in [5.74, 6) is -0.179. The fourth-order valence-corrected chi connectivity index (χ4v) is 2.84. The van der Waals surface area contributed by atoms with Crippen LogP contribution in [0.1, 0.15) is 16.2 Å². The Morgan fingerprint density at radius 1 is 1.18 bits per heavy atom. The first kappa shape index (κ1) is 19.0. The average Bonchev–Trinajstić information content (AvgIpc) is 3.12. The van der Waals surface area contributed by atoms with Gasteiger partial charge in [-0.3, -0.25) is 14.9 Å². The van der Waals surface area contributed by atoms with Crippen LogP contribution in [0.4, 0.5) is 5.69 Å². The molecule has 0 saturated carbocycles. The van der Waals surface area contributed by atoms with Crippen LogP contribution in [-0.4, -0.2) is 42.1 Å². The smallest absolute Gasteiger partial charge is 0.327 e. The second kappa shape index (κ2) is 7.82. The molecule has 1 amide bonds. The highest BCUT2D eigenvalue weighted by Gasteiger charge is 2.32. The first-order chi connectivity index (χ1) is 13.5. The number of nitrogens with one attached hydrogen (secondary N) is 2. The van der Waals surface area contributed by atoms with E-state index in [4.69, 9.17) is 14.2 Å². The Balaban J connectivity index is 1.94. The lowest BCUT2D eigenvalue weighted by Crippen LogP contribution is -2.24. The number of amides is 1. The Hall–Kier alpha value is -3.82. The van der Waals surface area contributed by atoms with E-state index >= 15 is 0 Å². The third-order valence-corrected chi connectivity index (χ3v) is 4.09. The molecule has 2 aromatic carbocycles. The Morgan fingerprint density at radius 3 is 2.50 bits per heavy atom. The first-order valence-electron chi connectivity index (χ1n) is 8.19. The van der Waals surface area contributed by atoms with Crippen molar-refractivity contribution in [3.63, 3.8) is 0 Å². The molecule has 10 heteroatoms. The highest BCUT2D eigenvalue weighted by Crippen LogP contribution is 2.46. The topological polar surface area (TPSA) is 129 Å². The van der Waals surface area contributed by atoms with Crippen molar-refractivity contribution in [2.75, 3.05) is 21.3 Å². The number of nitrogens with zero attached hydrogens (tertiary/aromatic N) is 2. The highest BCUT2D eigenvalue weighted by molar-refractivity contribution is 6.00. The average molecular weight is 386 g/mol. The molecule has 3 aromatic rings. The summed E-state index contributed by atoms with van der Waals surface area (Å²) < 4.78 is 15.4. The number of ether oxygens (including phenoxy) is 3. The molecule has 0 aliphatic heterocycles. The van der Waals surface area contributed by atoms with E-state index < -0.39 is 16.5 Å². The van der Waals surface area contributed by atoms with Gasteiger partial charge in [-0.2, -0.15) is 0 Å². The summed E-state index contributed by atoms with van der Waals surface area (Å²) in [5.41, 5.74) is 0.855. The molecule has 0 atom stereocenters. The molecule has 1 aromatic heterocycles. The third-order valence-electron chi connectivity index (χ3n) is 4.09. The van der Waals surface area contributed by atoms with Crippen LogP contribution in [0.2, 0.25) is 0 Å². The number of benzene rings is 2. The van der Waals surface area contributed by atoms with Crippen molar-refractivity contribution in [3.8, 4) is 17.2 Å². The monoisotopic (exact) mass is 386 g/mol. The quantitative estimate of drug-likeness (QED) is 0.471. The molecule has 10 nitrogen and oxygen atoms in total. The predicted molar refractivity (Wildman–Crippen MR) is 100 cm³/mol. The van der Waals surface area contributed by atoms with E-state index in [1.165, 1.54) is 27.4 Å². The highest BCUT2D eigenvalue weighted by atomic mass is 16.6. The van der Waals surface area contributed by atoms with Gasteiger partial charge < -0.3 is 24.5 Å². The van der Waals surface area contributed by atoms with E-state index in [9.17, 15) is 14.9 Å². The predicted octanol–water partition coefficient (Wildman–Crippen LogP) is 2.43. The summed E-state index contributed by atoms with van der Waals surface area (Å²) in [6, 6.07) is 8.65. The second-order valence-corrected chi connectivity index (χ2v) is 5.68. The number of hydrogen-bond donors (Lipinski definition) is 2. The molecule has 1 heterocycles. The van der Waals surface area contributed by atoms with E-state index in [0.29, 0.717) is 5.82 Å². The molecule has 0 unspecified atom stereocenters. The molecular weight excluding hydrogens is 368 g/mol. The number of para-hydroxylation sites is 2. The summed E-state index contributed by atoms with van der Waals surface area (Å²) in [5, 5.41) is 14.2. The standard InChI is InChI=1S/C18H18N4O6/c1-26-13-8-10(15(22(24)25)17(28-3)16(13)27-2)18(23)19-9-14-20-11-6-4-5-7-12(11)21-14/h4-8H,9H2,1-3H3,(H,19,23)(H,20,21). The van der Waals surface area contributed by atoms with Gasteiger partial charge in [0.1, 0.15) is 11.4 Å². The number of fused-ring (bicyclic) bond motifs is 1. The van der Waals surface area contributed by atoms with Crippen molar-refractivity contribution in [1.29, 1.82) is 0 Å². The van der Waals surface area contributed by atoms with Gasteiger partial charge in [-0.1, -0.05) is 12.1 Å². The van der Waals surface area contributed by atoms with Gasteiger partial charge in [-0.15, -0.1) is 0 Å². The molecule has 0 spiro atoms. The minimum atomic E-state index is -0.698. The largest absolute Gasteiger partial charge is 0.493 e. The molecule has 28 heavy (non-hydrogen) atoms. The molecule has 3 rings (SSSR count). The van der Waals surface area contributed by atoms with Crippen LogP contribution < -0.4 is 19.5 Å². The molecule has 0 aliphatic carbocycles. The van der Waals surface area contributed by atoms with Crippen LogP contribution >= 0.6 is 0 Å². The number of methoxy groups -OCH3 is 3. The minimum Gasteiger partial charge on any atom is -0.493 e. The fraction of sp³-hybridized carbons (Fsp3) is 0.222. The Kier molecular flexibility index (Phi) is 5.30. The summed E-state index contributed by atoms with van der Waals surface area (Å²) in [6.45, 7) is 0.0569. The van der Waals surface area contributed by atoms with Crippen LogP contribution in [0.3, 0.4) is 0 Å². The molecule has 0 fully saturated rings. The zero-order valence-electron chi connectivity index (χ0n) is 15.4. The van der Waals surface area contributed by atoms with E-state index in [2.05, 4.69) is 15.3 Å². The Morgan fingerprint density at radius 2 is 1.89 bits per heavy atom. The fourth-order valence-electron chi connectivity index (χ4n) is 2.84. The van der Waals surface area contributed by atoms with Crippen LogP contribution in [0.25, 0.3) is 11.0 Å². The number of imidazole rings is 1. The lowest BCUT2D eigenvalue weighted by molar-refractivity contribution is -0.386. The number of H-pyrrole nitrogens is 1. The SMILES string of the molecule is COc1cc(C(=O)NCc2nc3ccccc3[nH]2)c([N+](=O)[O-])c(OC)c1OC. The Bertz CT molecular complexity index is 1010. The number of rotatable bonds is 7. The molecule has 146 valence electrons. The molecular formula is C18H18N4O6. The number of aromatic nitrogens is 2. The van der Waals surface area contributed by atoms with Crippen LogP contribution in [0.15, 0.2) is 30.3 Å². The Labute approximate surface area is 159 Å². The molecule has 0 radical (unpaired) electrons. The number of nitro benzene ring substituents is 1. The lowest BCUT2D eigenvalue weighted by atomic mass is 10.1. The number of carbonyl (C=O) groups excluding carboxylic acids is 1. The van der Waals surface area contributed by atoms with Crippen LogP contribution in [0, 0.1) is 10.1 Å². The van der Waals surface area contributed by atoms with Crippen molar-refractivity contribution in [3.05, 3.63) is 51.8 Å². The van der Waals surface area contributed by atoms with Gasteiger partial charge in [0.05, 0.1) is 43.8 Å². The normalized spacial score (nSPS) is 10.5. The van der Waals surface area contributed by atoms with Crippen LogP contribution in [-0.2, 0) is 6.54 Å². The van der Waals surface area contributed by atoms with Crippen molar-refractivity contribution in [1.82, 2.24) is 15.3 Å². The third kappa shape index (κ3) is 3.39. The van der Waals surface area contributed by atoms with Crippen molar-refractivity contribution in [2.45, 2.75) is 6.54 Å².